The molecule has 0 spiro atoms. The quantitative estimate of drug-likeness (QED) is 0.811. The number of aromatic amines is 1. The number of benzene rings is 1. The predicted molar refractivity (Wildman–Crippen MR) is 93.0 cm³/mol. The molecule has 0 fully saturated rings. The van der Waals surface area contributed by atoms with Crippen LogP contribution >= 0.6 is 27.5 Å². The second-order valence-corrected chi connectivity index (χ2v) is 6.37. The third-order valence-electron chi connectivity index (χ3n) is 3.21. The minimum Gasteiger partial charge on any atom is -0.483 e. The van der Waals surface area contributed by atoms with Crippen LogP contribution in [0.2, 0.25) is 5.02 Å². The van der Waals surface area contributed by atoms with Crippen molar-refractivity contribution >= 4 is 33.4 Å². The molecule has 122 valence electrons. The summed E-state index contributed by atoms with van der Waals surface area (Å²) >= 11 is 9.15. The van der Waals surface area contributed by atoms with E-state index in [9.17, 15) is 9.59 Å². The number of ether oxygens (including phenoxy) is 1. The molecular formula is C16H16BrClN2O3. The number of amides is 1. The van der Waals surface area contributed by atoms with Crippen LogP contribution in [0.25, 0.3) is 0 Å². The number of carbonyl (C=O) groups excluding carboxylic acids is 1. The molecule has 0 atom stereocenters. The third kappa shape index (κ3) is 4.84. The lowest BCUT2D eigenvalue weighted by atomic mass is 10.1. The molecule has 2 aromatic rings. The van der Waals surface area contributed by atoms with Gasteiger partial charge in [-0.25, -0.2) is 0 Å². The summed E-state index contributed by atoms with van der Waals surface area (Å²) in [5.74, 6) is 0.208. The average molecular weight is 400 g/mol. The Labute approximate surface area is 147 Å². The van der Waals surface area contributed by atoms with Crippen molar-refractivity contribution < 1.29 is 9.53 Å². The molecule has 23 heavy (non-hydrogen) atoms. The molecule has 0 aliphatic carbocycles. The molecular weight excluding hydrogens is 384 g/mol. The van der Waals surface area contributed by atoms with Crippen molar-refractivity contribution in [1.82, 2.24) is 10.3 Å². The molecule has 2 N–H and O–H groups in total. The molecule has 2 rings (SSSR count). The molecule has 1 heterocycles. The van der Waals surface area contributed by atoms with Gasteiger partial charge < -0.3 is 15.0 Å². The Kier molecular flexibility index (Phi) is 5.85. The van der Waals surface area contributed by atoms with Gasteiger partial charge in [0, 0.05) is 22.8 Å². The van der Waals surface area contributed by atoms with Crippen LogP contribution in [0.4, 0.5) is 0 Å². The number of pyridine rings is 1. The Morgan fingerprint density at radius 3 is 2.74 bits per heavy atom. The van der Waals surface area contributed by atoms with Crippen molar-refractivity contribution in [3.05, 3.63) is 60.9 Å². The molecule has 7 heteroatoms. The van der Waals surface area contributed by atoms with Gasteiger partial charge in [-0.05, 0) is 59.6 Å². The Balaban J connectivity index is 1.92. The summed E-state index contributed by atoms with van der Waals surface area (Å²) in [5, 5.41) is 3.25. The van der Waals surface area contributed by atoms with E-state index in [4.69, 9.17) is 16.3 Å². The van der Waals surface area contributed by atoms with Gasteiger partial charge in [-0.15, -0.1) is 0 Å². The molecule has 0 unspecified atom stereocenters. The van der Waals surface area contributed by atoms with E-state index in [0.717, 1.165) is 11.3 Å². The monoisotopic (exact) mass is 398 g/mol. The number of hydrogen-bond acceptors (Lipinski definition) is 3. The van der Waals surface area contributed by atoms with Crippen LogP contribution < -0.4 is 15.6 Å². The van der Waals surface area contributed by atoms with E-state index in [1.54, 1.807) is 18.2 Å². The summed E-state index contributed by atoms with van der Waals surface area (Å²) in [5.41, 5.74) is 1.98. The molecule has 5 nitrogen and oxygen atoms in total. The summed E-state index contributed by atoms with van der Waals surface area (Å²) in [7, 11) is 0. The maximum absolute atomic E-state index is 11.9. The molecule has 0 saturated carbocycles. The minimum atomic E-state index is -0.314. The van der Waals surface area contributed by atoms with Crippen molar-refractivity contribution in [3.8, 4) is 5.75 Å². The standard InChI is InChI=1S/C16H16BrClN2O3/c1-9-5-10(2)20-16(22)12(9)7-19-15(21)8-23-14-4-3-11(18)6-13(14)17/h3-6H,7-8H2,1-2H3,(H,19,21)(H,20,22). The Morgan fingerprint density at radius 2 is 2.09 bits per heavy atom. The van der Waals surface area contributed by atoms with Gasteiger partial charge in [0.05, 0.1) is 4.47 Å². The first-order valence-corrected chi connectivity index (χ1v) is 8.08. The van der Waals surface area contributed by atoms with Gasteiger partial charge in [-0.2, -0.15) is 0 Å². The fourth-order valence-corrected chi connectivity index (χ4v) is 2.87. The third-order valence-corrected chi connectivity index (χ3v) is 4.06. The Morgan fingerprint density at radius 1 is 1.35 bits per heavy atom. The lowest BCUT2D eigenvalue weighted by Crippen LogP contribution is -2.31. The highest BCUT2D eigenvalue weighted by Gasteiger charge is 2.09. The number of nitrogens with one attached hydrogen (secondary N) is 2. The number of aromatic nitrogens is 1. The molecule has 0 aliphatic heterocycles. The van der Waals surface area contributed by atoms with Crippen LogP contribution in [-0.2, 0) is 11.3 Å². The van der Waals surface area contributed by atoms with Crippen LogP contribution in [0.3, 0.4) is 0 Å². The topological polar surface area (TPSA) is 71.2 Å². The predicted octanol–water partition coefficient (Wildman–Crippen LogP) is 3.10. The smallest absolute Gasteiger partial charge is 0.258 e. The van der Waals surface area contributed by atoms with Crippen molar-refractivity contribution in [2.75, 3.05) is 6.61 Å². The van der Waals surface area contributed by atoms with E-state index in [1.165, 1.54) is 0 Å². The van der Waals surface area contributed by atoms with Gasteiger partial charge in [-0.1, -0.05) is 11.6 Å². The van der Waals surface area contributed by atoms with Crippen molar-refractivity contribution in [3.63, 3.8) is 0 Å². The average Bonchev–Trinajstić information content (AvgIpc) is 2.45. The molecule has 0 aliphatic rings. The van der Waals surface area contributed by atoms with Gasteiger partial charge in [0.2, 0.25) is 0 Å². The van der Waals surface area contributed by atoms with E-state index in [1.807, 2.05) is 19.9 Å². The lowest BCUT2D eigenvalue weighted by molar-refractivity contribution is -0.123. The second-order valence-electron chi connectivity index (χ2n) is 5.08. The van der Waals surface area contributed by atoms with Crippen LogP contribution in [0.15, 0.2) is 33.5 Å². The van der Waals surface area contributed by atoms with Crippen LogP contribution in [-0.4, -0.2) is 17.5 Å². The molecule has 0 radical (unpaired) electrons. The normalized spacial score (nSPS) is 10.4. The summed E-state index contributed by atoms with van der Waals surface area (Å²) in [6.07, 6.45) is 0. The van der Waals surface area contributed by atoms with Crippen LogP contribution in [0, 0.1) is 13.8 Å². The zero-order chi connectivity index (χ0) is 17.0. The maximum atomic E-state index is 11.9. The fraction of sp³-hybridized carbons (Fsp3) is 0.250. The summed E-state index contributed by atoms with van der Waals surface area (Å²) in [6, 6.07) is 6.90. The molecule has 1 aromatic heterocycles. The zero-order valence-electron chi connectivity index (χ0n) is 12.7. The Hall–Kier alpha value is -1.79. The second kappa shape index (κ2) is 7.66. The maximum Gasteiger partial charge on any atom is 0.258 e. The summed E-state index contributed by atoms with van der Waals surface area (Å²) < 4.78 is 6.09. The van der Waals surface area contributed by atoms with Crippen LogP contribution in [0.5, 0.6) is 5.75 Å². The largest absolute Gasteiger partial charge is 0.483 e. The van der Waals surface area contributed by atoms with E-state index in [-0.39, 0.29) is 24.6 Å². The zero-order valence-corrected chi connectivity index (χ0v) is 15.0. The number of halogens is 2. The van der Waals surface area contributed by atoms with Crippen LogP contribution in [0.1, 0.15) is 16.8 Å². The molecule has 1 amide bonds. The van der Waals surface area contributed by atoms with Gasteiger partial charge in [-0.3, -0.25) is 9.59 Å². The number of carbonyl (C=O) groups is 1. The first-order chi connectivity index (χ1) is 10.9. The van der Waals surface area contributed by atoms with E-state index >= 15 is 0 Å². The SMILES string of the molecule is Cc1cc(C)c(CNC(=O)COc2ccc(Cl)cc2Br)c(=O)[nH]1. The summed E-state index contributed by atoms with van der Waals surface area (Å²) in [4.78, 5) is 26.5. The number of aryl methyl sites for hydroxylation is 2. The highest BCUT2D eigenvalue weighted by atomic mass is 79.9. The van der Waals surface area contributed by atoms with Crippen molar-refractivity contribution in [2.45, 2.75) is 20.4 Å². The van der Waals surface area contributed by atoms with Gasteiger partial charge in [0.1, 0.15) is 5.75 Å². The highest BCUT2D eigenvalue weighted by Crippen LogP contribution is 2.27. The minimum absolute atomic E-state index is 0.150. The van der Waals surface area contributed by atoms with Gasteiger partial charge in [0.15, 0.2) is 6.61 Å². The van der Waals surface area contributed by atoms with E-state index in [0.29, 0.717) is 20.8 Å². The Bertz CT molecular complexity index is 789. The van der Waals surface area contributed by atoms with Gasteiger partial charge in [0.25, 0.3) is 11.5 Å². The highest BCUT2D eigenvalue weighted by molar-refractivity contribution is 9.10. The number of rotatable bonds is 5. The number of H-pyrrole nitrogens is 1. The molecule has 0 saturated heterocycles. The van der Waals surface area contributed by atoms with Gasteiger partial charge >= 0.3 is 0 Å². The van der Waals surface area contributed by atoms with E-state index < -0.39 is 0 Å². The number of hydrogen-bond donors (Lipinski definition) is 2. The lowest BCUT2D eigenvalue weighted by Gasteiger charge is -2.10. The first kappa shape index (κ1) is 17.6. The molecule has 1 aromatic carbocycles. The van der Waals surface area contributed by atoms with Crippen molar-refractivity contribution in [1.29, 1.82) is 0 Å². The first-order valence-electron chi connectivity index (χ1n) is 6.91. The van der Waals surface area contributed by atoms with E-state index in [2.05, 4.69) is 26.2 Å². The summed E-state index contributed by atoms with van der Waals surface area (Å²) in [6.45, 7) is 3.66. The fourth-order valence-electron chi connectivity index (χ4n) is 2.07. The van der Waals surface area contributed by atoms with Crippen molar-refractivity contribution in [2.24, 2.45) is 0 Å². The molecule has 0 bridgehead atoms.